The zero-order chi connectivity index (χ0) is 22.7. The summed E-state index contributed by atoms with van der Waals surface area (Å²) < 4.78 is 14.2. The molecule has 34 heavy (non-hydrogen) atoms. The number of fused-ring (bicyclic) bond motifs is 6. The van der Waals surface area contributed by atoms with E-state index in [1.54, 1.807) is 12.4 Å². The van der Waals surface area contributed by atoms with E-state index in [9.17, 15) is 5.11 Å². The number of para-hydroxylation sites is 1. The lowest BCUT2D eigenvalue weighted by molar-refractivity contribution is 0.0134. The Morgan fingerprint density at radius 1 is 1.03 bits per heavy atom. The van der Waals surface area contributed by atoms with Crippen molar-refractivity contribution in [1.29, 1.82) is 0 Å². The fraction of sp³-hybridized carbons (Fsp3) is 0.360. The van der Waals surface area contributed by atoms with Crippen LogP contribution in [-0.2, 0) is 16.9 Å². The summed E-state index contributed by atoms with van der Waals surface area (Å²) in [5, 5.41) is 9.97. The summed E-state index contributed by atoms with van der Waals surface area (Å²) in [5.74, 6) is 2.37. The number of imidazole rings is 1. The highest BCUT2D eigenvalue weighted by Gasteiger charge is 2.47. The molecular formula is C25H24N6O3. The van der Waals surface area contributed by atoms with Crippen LogP contribution in [0.3, 0.4) is 0 Å². The molecule has 1 saturated heterocycles. The first-order chi connectivity index (χ1) is 16.7. The standard InChI is InChI=1S/C25H24N6O3/c32-17-4-3-9-30(12-17)24-26-10-16(11-27-24)19-7-8-20-23(29-19)31-22(28-20)13-33-14-25(31)15-34-21-6-2-1-5-18(21)25/h1-2,5-8,10-11,17,32H,3-4,9,12-15H2. The third kappa shape index (κ3) is 2.93. The van der Waals surface area contributed by atoms with Crippen LogP contribution in [0.25, 0.3) is 22.4 Å². The minimum absolute atomic E-state index is 0.324. The number of anilines is 1. The summed E-state index contributed by atoms with van der Waals surface area (Å²) in [5.41, 5.74) is 3.86. The van der Waals surface area contributed by atoms with Crippen molar-refractivity contribution in [3.63, 3.8) is 0 Å². The van der Waals surface area contributed by atoms with E-state index < -0.39 is 5.54 Å². The van der Waals surface area contributed by atoms with Crippen LogP contribution >= 0.6 is 0 Å². The normalized spacial score (nSPS) is 23.7. The van der Waals surface area contributed by atoms with Crippen LogP contribution in [0.4, 0.5) is 5.95 Å². The van der Waals surface area contributed by atoms with Gasteiger partial charge in [0.05, 0.1) is 18.4 Å². The molecule has 0 bridgehead atoms. The number of rotatable bonds is 2. The fourth-order valence-corrected chi connectivity index (χ4v) is 5.40. The van der Waals surface area contributed by atoms with Crippen molar-refractivity contribution in [1.82, 2.24) is 24.5 Å². The second kappa shape index (κ2) is 7.48. The van der Waals surface area contributed by atoms with Crippen LogP contribution in [0.2, 0.25) is 0 Å². The van der Waals surface area contributed by atoms with Gasteiger partial charge in [0, 0.05) is 36.6 Å². The molecule has 0 saturated carbocycles. The number of ether oxygens (including phenoxy) is 2. The highest BCUT2D eigenvalue weighted by molar-refractivity contribution is 5.77. The van der Waals surface area contributed by atoms with Gasteiger partial charge in [-0.3, -0.25) is 4.57 Å². The molecule has 0 aliphatic carbocycles. The first kappa shape index (κ1) is 19.9. The average Bonchev–Trinajstić information content (AvgIpc) is 3.43. The lowest BCUT2D eigenvalue weighted by Crippen LogP contribution is -2.45. The third-order valence-corrected chi connectivity index (χ3v) is 7.04. The summed E-state index contributed by atoms with van der Waals surface area (Å²) in [6.45, 7) is 2.86. The Bertz CT molecular complexity index is 1390. The smallest absolute Gasteiger partial charge is 0.225 e. The number of β-amino-alcohol motifs (C(OH)–C–C–N with tert-alkyl or cyclic N) is 1. The van der Waals surface area contributed by atoms with Gasteiger partial charge in [0.15, 0.2) is 5.65 Å². The summed E-state index contributed by atoms with van der Waals surface area (Å²) in [6, 6.07) is 12.1. The lowest BCUT2D eigenvalue weighted by atomic mass is 9.91. The number of hydrogen-bond donors (Lipinski definition) is 1. The molecule has 3 aliphatic rings. The Balaban J connectivity index is 1.30. The fourth-order valence-electron chi connectivity index (χ4n) is 5.40. The molecule has 1 N–H and O–H groups in total. The van der Waals surface area contributed by atoms with Crippen molar-refractivity contribution in [3.05, 3.63) is 60.2 Å². The zero-order valence-electron chi connectivity index (χ0n) is 18.6. The molecule has 0 radical (unpaired) electrons. The van der Waals surface area contributed by atoms with Crippen molar-refractivity contribution < 1.29 is 14.6 Å². The molecule has 6 heterocycles. The van der Waals surface area contributed by atoms with Gasteiger partial charge in [-0.05, 0) is 31.0 Å². The van der Waals surface area contributed by atoms with Gasteiger partial charge in [0.1, 0.15) is 35.8 Å². The zero-order valence-corrected chi connectivity index (χ0v) is 18.6. The van der Waals surface area contributed by atoms with Gasteiger partial charge in [-0.1, -0.05) is 18.2 Å². The number of benzene rings is 1. The maximum Gasteiger partial charge on any atom is 0.225 e. The van der Waals surface area contributed by atoms with E-state index >= 15 is 0 Å². The topological polar surface area (TPSA) is 98.4 Å². The summed E-state index contributed by atoms with van der Waals surface area (Å²) in [7, 11) is 0. The SMILES string of the molecule is OC1CCCN(c2ncc(-c3ccc4nc5n(c4n3)C3(COC5)COc4ccccc43)cn2)C1. The van der Waals surface area contributed by atoms with E-state index in [4.69, 9.17) is 19.4 Å². The maximum atomic E-state index is 9.97. The molecule has 1 fully saturated rings. The lowest BCUT2D eigenvalue weighted by Gasteiger charge is -2.34. The van der Waals surface area contributed by atoms with E-state index in [1.165, 1.54) is 0 Å². The monoisotopic (exact) mass is 456 g/mol. The van der Waals surface area contributed by atoms with Gasteiger partial charge >= 0.3 is 0 Å². The molecular weight excluding hydrogens is 432 g/mol. The van der Waals surface area contributed by atoms with Crippen molar-refractivity contribution >= 4 is 17.1 Å². The largest absolute Gasteiger partial charge is 0.490 e. The number of pyridine rings is 1. The van der Waals surface area contributed by atoms with E-state index in [-0.39, 0.29) is 6.10 Å². The van der Waals surface area contributed by atoms with Crippen LogP contribution in [0.5, 0.6) is 5.75 Å². The van der Waals surface area contributed by atoms with Crippen LogP contribution in [-0.4, -0.2) is 62.0 Å². The number of nitrogens with zero attached hydrogens (tertiary/aromatic N) is 6. The average molecular weight is 457 g/mol. The van der Waals surface area contributed by atoms with Crippen LogP contribution in [0.15, 0.2) is 48.8 Å². The second-order valence-electron chi connectivity index (χ2n) is 9.23. The van der Waals surface area contributed by atoms with Gasteiger partial charge in [0.25, 0.3) is 0 Å². The Kier molecular flexibility index (Phi) is 4.37. The number of piperidine rings is 1. The summed E-state index contributed by atoms with van der Waals surface area (Å²) in [6.07, 6.45) is 5.05. The minimum atomic E-state index is -0.486. The van der Waals surface area contributed by atoms with Crippen LogP contribution < -0.4 is 9.64 Å². The molecule has 3 aliphatic heterocycles. The molecule has 1 aromatic carbocycles. The molecule has 9 heteroatoms. The van der Waals surface area contributed by atoms with Gasteiger partial charge in [0.2, 0.25) is 5.95 Å². The van der Waals surface area contributed by atoms with Crippen molar-refractivity contribution in [2.24, 2.45) is 0 Å². The molecule has 2 atom stereocenters. The first-order valence-electron chi connectivity index (χ1n) is 11.7. The second-order valence-corrected chi connectivity index (χ2v) is 9.23. The van der Waals surface area contributed by atoms with Gasteiger partial charge < -0.3 is 19.5 Å². The first-order valence-corrected chi connectivity index (χ1v) is 11.7. The molecule has 7 rings (SSSR count). The van der Waals surface area contributed by atoms with E-state index in [0.29, 0.717) is 32.3 Å². The Hall–Kier alpha value is -3.56. The highest BCUT2D eigenvalue weighted by atomic mass is 16.5. The van der Waals surface area contributed by atoms with Crippen LogP contribution in [0.1, 0.15) is 24.2 Å². The predicted octanol–water partition coefficient (Wildman–Crippen LogP) is 2.52. The third-order valence-electron chi connectivity index (χ3n) is 7.04. The Morgan fingerprint density at radius 2 is 1.91 bits per heavy atom. The van der Waals surface area contributed by atoms with Crippen molar-refractivity contribution in [3.8, 4) is 17.0 Å². The van der Waals surface area contributed by atoms with Gasteiger partial charge in [-0.25, -0.2) is 19.9 Å². The van der Waals surface area contributed by atoms with E-state index in [1.807, 2.05) is 35.2 Å². The number of hydrogen-bond acceptors (Lipinski definition) is 8. The maximum absolute atomic E-state index is 9.97. The number of aromatic nitrogens is 5. The predicted molar refractivity (Wildman–Crippen MR) is 125 cm³/mol. The molecule has 1 spiro atoms. The van der Waals surface area contributed by atoms with Crippen LogP contribution in [0, 0.1) is 0 Å². The highest BCUT2D eigenvalue weighted by Crippen LogP contribution is 2.44. The molecule has 0 amide bonds. The van der Waals surface area contributed by atoms with Crippen molar-refractivity contribution in [2.75, 3.05) is 31.2 Å². The molecule has 9 nitrogen and oxygen atoms in total. The molecule has 2 unspecified atom stereocenters. The molecule has 172 valence electrons. The Labute approximate surface area is 196 Å². The Morgan fingerprint density at radius 3 is 2.79 bits per heavy atom. The van der Waals surface area contributed by atoms with Crippen molar-refractivity contribution in [2.45, 2.75) is 31.1 Å². The minimum Gasteiger partial charge on any atom is -0.490 e. The van der Waals surface area contributed by atoms with Gasteiger partial charge in [-0.15, -0.1) is 0 Å². The summed E-state index contributed by atoms with van der Waals surface area (Å²) >= 11 is 0. The number of aliphatic hydroxyl groups excluding tert-OH is 1. The van der Waals surface area contributed by atoms with E-state index in [2.05, 4.69) is 20.6 Å². The van der Waals surface area contributed by atoms with Gasteiger partial charge in [-0.2, -0.15) is 0 Å². The number of aliphatic hydroxyl groups is 1. The quantitative estimate of drug-likeness (QED) is 0.491. The molecule has 4 aromatic rings. The summed E-state index contributed by atoms with van der Waals surface area (Å²) in [4.78, 5) is 21.0. The van der Waals surface area contributed by atoms with E-state index in [0.717, 1.165) is 58.9 Å². The molecule has 3 aromatic heterocycles.